The highest BCUT2D eigenvalue weighted by Gasteiger charge is 2.05. The molecule has 2 aromatic rings. The van der Waals surface area contributed by atoms with Crippen LogP contribution in [-0.2, 0) is 11.8 Å². The van der Waals surface area contributed by atoms with E-state index in [4.69, 9.17) is 0 Å². The molecule has 0 radical (unpaired) electrons. The van der Waals surface area contributed by atoms with Gasteiger partial charge in [-0.2, -0.15) is 0 Å². The lowest BCUT2D eigenvalue weighted by Crippen LogP contribution is -2.28. The van der Waals surface area contributed by atoms with E-state index in [9.17, 15) is 4.79 Å². The average Bonchev–Trinajstić information content (AvgIpc) is 2.86. The van der Waals surface area contributed by atoms with E-state index >= 15 is 0 Å². The van der Waals surface area contributed by atoms with Gasteiger partial charge in [0.15, 0.2) is 5.82 Å². The molecule has 0 bridgehead atoms. The molecule has 0 aliphatic heterocycles. The highest BCUT2D eigenvalue weighted by molar-refractivity contribution is 5.92. The van der Waals surface area contributed by atoms with Gasteiger partial charge in [0, 0.05) is 18.3 Å². The molecule has 106 valence electrons. The second-order valence-corrected chi connectivity index (χ2v) is 4.57. The molecule has 0 atom stereocenters. The summed E-state index contributed by atoms with van der Waals surface area (Å²) in [5.41, 5.74) is 1.74. The molecule has 0 saturated carbocycles. The molecule has 1 aromatic heterocycles. The minimum absolute atomic E-state index is 0.0372. The van der Waals surface area contributed by atoms with Gasteiger partial charge in [0.05, 0.1) is 6.54 Å². The molecule has 2 N–H and O–H groups in total. The summed E-state index contributed by atoms with van der Waals surface area (Å²) in [6, 6.07) is 7.56. The zero-order valence-corrected chi connectivity index (χ0v) is 11.8. The summed E-state index contributed by atoms with van der Waals surface area (Å²) in [5, 5.41) is 13.8. The Hall–Kier alpha value is -2.21. The fourth-order valence-corrected chi connectivity index (χ4v) is 1.83. The van der Waals surface area contributed by atoms with Gasteiger partial charge in [-0.25, -0.2) is 0 Å². The number of nitrogens with one attached hydrogen (secondary N) is 2. The minimum atomic E-state index is -0.0372. The molecule has 0 aliphatic rings. The van der Waals surface area contributed by atoms with Gasteiger partial charge in [-0.15, -0.1) is 10.2 Å². The fourth-order valence-electron chi connectivity index (χ4n) is 1.83. The van der Waals surface area contributed by atoms with Crippen LogP contribution in [0.1, 0.15) is 13.3 Å². The quantitative estimate of drug-likeness (QED) is 0.781. The van der Waals surface area contributed by atoms with Crippen molar-refractivity contribution in [3.8, 4) is 11.4 Å². The van der Waals surface area contributed by atoms with Gasteiger partial charge in [0.1, 0.15) is 6.33 Å². The van der Waals surface area contributed by atoms with Crippen LogP contribution < -0.4 is 10.6 Å². The molecule has 0 unspecified atom stereocenters. The van der Waals surface area contributed by atoms with Crippen LogP contribution in [-0.4, -0.2) is 33.8 Å². The van der Waals surface area contributed by atoms with E-state index in [0.717, 1.165) is 30.0 Å². The van der Waals surface area contributed by atoms with Gasteiger partial charge in [0.25, 0.3) is 0 Å². The summed E-state index contributed by atoms with van der Waals surface area (Å²) in [7, 11) is 1.89. The number of aryl methyl sites for hydroxylation is 1. The SMILES string of the molecule is CCCNCC(=O)Nc1ccc(-c2nncn2C)cc1. The number of aromatic nitrogens is 3. The number of hydrogen-bond acceptors (Lipinski definition) is 4. The molecule has 20 heavy (non-hydrogen) atoms. The molecule has 6 nitrogen and oxygen atoms in total. The third-order valence-electron chi connectivity index (χ3n) is 2.85. The lowest BCUT2D eigenvalue weighted by Gasteiger charge is -2.07. The first-order valence-electron chi connectivity index (χ1n) is 6.65. The number of carbonyl (C=O) groups excluding carboxylic acids is 1. The summed E-state index contributed by atoms with van der Waals surface area (Å²) >= 11 is 0. The summed E-state index contributed by atoms with van der Waals surface area (Å²) in [5.74, 6) is 0.761. The monoisotopic (exact) mass is 273 g/mol. The number of nitrogens with zero attached hydrogens (tertiary/aromatic N) is 3. The fraction of sp³-hybridized carbons (Fsp3) is 0.357. The Labute approximate surface area is 118 Å². The Kier molecular flexibility index (Phi) is 4.84. The van der Waals surface area contributed by atoms with Crippen LogP contribution in [0.15, 0.2) is 30.6 Å². The zero-order chi connectivity index (χ0) is 14.4. The van der Waals surface area contributed by atoms with E-state index in [2.05, 4.69) is 27.8 Å². The minimum Gasteiger partial charge on any atom is -0.325 e. The van der Waals surface area contributed by atoms with Crippen molar-refractivity contribution >= 4 is 11.6 Å². The van der Waals surface area contributed by atoms with Crippen LogP contribution in [0.3, 0.4) is 0 Å². The Morgan fingerprint density at radius 1 is 1.30 bits per heavy atom. The van der Waals surface area contributed by atoms with Gasteiger partial charge in [-0.1, -0.05) is 6.92 Å². The second-order valence-electron chi connectivity index (χ2n) is 4.57. The van der Waals surface area contributed by atoms with E-state index in [1.807, 2.05) is 35.9 Å². The molecule has 0 fully saturated rings. The van der Waals surface area contributed by atoms with Crippen molar-refractivity contribution in [1.29, 1.82) is 0 Å². The standard InChI is InChI=1S/C14H19N5O/c1-3-8-15-9-13(20)17-12-6-4-11(5-7-12)14-18-16-10-19(14)2/h4-7,10,15H,3,8-9H2,1-2H3,(H,17,20). The maximum atomic E-state index is 11.7. The van der Waals surface area contributed by atoms with Crippen LogP contribution in [0.5, 0.6) is 0 Å². The topological polar surface area (TPSA) is 71.8 Å². The molecular weight excluding hydrogens is 254 g/mol. The zero-order valence-electron chi connectivity index (χ0n) is 11.8. The average molecular weight is 273 g/mol. The first-order chi connectivity index (χ1) is 9.70. The Morgan fingerprint density at radius 3 is 2.65 bits per heavy atom. The van der Waals surface area contributed by atoms with E-state index < -0.39 is 0 Å². The second kappa shape index (κ2) is 6.81. The molecule has 1 amide bonds. The van der Waals surface area contributed by atoms with Crippen LogP contribution in [0.4, 0.5) is 5.69 Å². The van der Waals surface area contributed by atoms with Gasteiger partial charge < -0.3 is 15.2 Å². The Bertz CT molecular complexity index is 561. The molecule has 0 saturated heterocycles. The maximum Gasteiger partial charge on any atom is 0.238 e. The van der Waals surface area contributed by atoms with Crippen LogP contribution in [0.2, 0.25) is 0 Å². The van der Waals surface area contributed by atoms with Gasteiger partial charge in [-0.05, 0) is 37.2 Å². The van der Waals surface area contributed by atoms with Crippen molar-refractivity contribution in [2.45, 2.75) is 13.3 Å². The number of hydrogen-bond donors (Lipinski definition) is 2. The van der Waals surface area contributed by atoms with Gasteiger partial charge in [-0.3, -0.25) is 4.79 Å². The van der Waals surface area contributed by atoms with Crippen molar-refractivity contribution in [3.63, 3.8) is 0 Å². The summed E-state index contributed by atoms with van der Waals surface area (Å²) < 4.78 is 1.85. The lowest BCUT2D eigenvalue weighted by molar-refractivity contribution is -0.115. The predicted molar refractivity (Wildman–Crippen MR) is 78.2 cm³/mol. The Morgan fingerprint density at radius 2 is 2.05 bits per heavy atom. The lowest BCUT2D eigenvalue weighted by atomic mass is 10.2. The molecule has 0 aliphatic carbocycles. The van der Waals surface area contributed by atoms with Gasteiger partial charge >= 0.3 is 0 Å². The predicted octanol–water partition coefficient (Wildman–Crippen LogP) is 1.42. The Balaban J connectivity index is 1.95. The number of anilines is 1. The van der Waals surface area contributed by atoms with Crippen LogP contribution in [0.25, 0.3) is 11.4 Å². The first kappa shape index (κ1) is 14.2. The third-order valence-corrected chi connectivity index (χ3v) is 2.85. The normalized spacial score (nSPS) is 10.5. The molecule has 6 heteroatoms. The van der Waals surface area contributed by atoms with Gasteiger partial charge in [0.2, 0.25) is 5.91 Å². The molecular formula is C14H19N5O. The van der Waals surface area contributed by atoms with E-state index in [1.165, 1.54) is 0 Å². The highest BCUT2D eigenvalue weighted by atomic mass is 16.1. The maximum absolute atomic E-state index is 11.7. The summed E-state index contributed by atoms with van der Waals surface area (Å²) in [6.45, 7) is 3.24. The smallest absolute Gasteiger partial charge is 0.238 e. The van der Waals surface area contributed by atoms with Crippen molar-refractivity contribution in [1.82, 2.24) is 20.1 Å². The van der Waals surface area contributed by atoms with Crippen molar-refractivity contribution < 1.29 is 4.79 Å². The number of amides is 1. The van der Waals surface area contributed by atoms with E-state index in [1.54, 1.807) is 6.33 Å². The number of rotatable bonds is 6. The van der Waals surface area contributed by atoms with Crippen molar-refractivity contribution in [2.75, 3.05) is 18.4 Å². The molecule has 1 heterocycles. The largest absolute Gasteiger partial charge is 0.325 e. The molecule has 2 rings (SSSR count). The summed E-state index contributed by atoms with van der Waals surface area (Å²) in [4.78, 5) is 11.7. The first-order valence-corrected chi connectivity index (χ1v) is 6.65. The van der Waals surface area contributed by atoms with E-state index in [0.29, 0.717) is 6.54 Å². The van der Waals surface area contributed by atoms with Crippen LogP contribution in [0, 0.1) is 0 Å². The highest BCUT2D eigenvalue weighted by Crippen LogP contribution is 2.18. The van der Waals surface area contributed by atoms with Crippen LogP contribution >= 0.6 is 0 Å². The van der Waals surface area contributed by atoms with Crippen molar-refractivity contribution in [3.05, 3.63) is 30.6 Å². The third kappa shape index (κ3) is 3.64. The number of carbonyl (C=O) groups is 1. The number of benzene rings is 1. The van der Waals surface area contributed by atoms with E-state index in [-0.39, 0.29) is 5.91 Å². The van der Waals surface area contributed by atoms with Crippen molar-refractivity contribution in [2.24, 2.45) is 7.05 Å². The summed E-state index contributed by atoms with van der Waals surface area (Å²) in [6.07, 6.45) is 2.67. The molecule has 1 aromatic carbocycles. The molecule has 0 spiro atoms.